The van der Waals surface area contributed by atoms with Gasteiger partial charge in [-0.25, -0.2) is 9.59 Å². The van der Waals surface area contributed by atoms with Gasteiger partial charge >= 0.3 is 11.9 Å². The monoisotopic (exact) mass is 354 g/mol. The number of aromatic nitrogens is 1. The molecule has 0 atom stereocenters. The fourth-order valence-corrected chi connectivity index (χ4v) is 2.50. The van der Waals surface area contributed by atoms with Crippen molar-refractivity contribution in [2.75, 3.05) is 6.54 Å². The molecule has 0 fully saturated rings. The van der Waals surface area contributed by atoms with Crippen LogP contribution >= 0.6 is 0 Å². The molecule has 3 aromatic rings. The van der Waals surface area contributed by atoms with Gasteiger partial charge < -0.3 is 20.5 Å². The molecule has 0 aliphatic rings. The third kappa shape index (κ3) is 5.75. The molecule has 6 nitrogen and oxygen atoms in total. The molecule has 1 heterocycles. The minimum absolute atomic E-state index is 0.933. The Balaban J connectivity index is 0.000000352. The van der Waals surface area contributed by atoms with Crippen molar-refractivity contribution in [2.45, 2.75) is 19.9 Å². The first-order chi connectivity index (χ1) is 12.5. The molecular formula is C20H22N2O4. The standard InChI is InChI=1S/C18H20N2.C2H2O4/c1-14-6-8-15(9-7-14)12-19-11-10-16-13-20-18-5-3-2-4-17(16)18;3-1(4)2(5)6/h2-9,13,19-20H,10-12H2,1H3;(H,3,4)(H,5,6). The fraction of sp³-hybridized carbons (Fsp3) is 0.200. The van der Waals surface area contributed by atoms with Crippen LogP contribution in [-0.4, -0.2) is 33.7 Å². The van der Waals surface area contributed by atoms with E-state index in [2.05, 4.69) is 72.0 Å². The minimum atomic E-state index is -1.82. The lowest BCUT2D eigenvalue weighted by atomic mass is 10.1. The van der Waals surface area contributed by atoms with Crippen LogP contribution in [0.1, 0.15) is 16.7 Å². The highest BCUT2D eigenvalue weighted by atomic mass is 16.4. The summed E-state index contributed by atoms with van der Waals surface area (Å²) >= 11 is 0. The number of carboxylic acid groups (broad SMARTS) is 2. The quantitative estimate of drug-likeness (QED) is 0.417. The predicted molar refractivity (Wildman–Crippen MR) is 100 cm³/mol. The average Bonchev–Trinajstić information content (AvgIpc) is 3.04. The number of rotatable bonds is 5. The van der Waals surface area contributed by atoms with Gasteiger partial charge in [-0.1, -0.05) is 48.0 Å². The van der Waals surface area contributed by atoms with Crippen LogP contribution in [-0.2, 0) is 22.6 Å². The van der Waals surface area contributed by atoms with Crippen LogP contribution in [0.4, 0.5) is 0 Å². The van der Waals surface area contributed by atoms with Crippen LogP contribution in [0.2, 0.25) is 0 Å². The number of aliphatic carboxylic acids is 2. The molecule has 2 aromatic carbocycles. The largest absolute Gasteiger partial charge is 0.473 e. The lowest BCUT2D eigenvalue weighted by Crippen LogP contribution is -2.16. The summed E-state index contributed by atoms with van der Waals surface area (Å²) in [5.74, 6) is -3.65. The van der Waals surface area contributed by atoms with E-state index in [4.69, 9.17) is 19.8 Å². The second-order valence-corrected chi connectivity index (χ2v) is 5.88. The molecule has 0 unspecified atom stereocenters. The lowest BCUT2D eigenvalue weighted by Gasteiger charge is -2.05. The SMILES string of the molecule is Cc1ccc(CNCCc2c[nH]c3ccccc23)cc1.O=C(O)C(=O)O. The Kier molecular flexibility index (Phi) is 6.93. The highest BCUT2D eigenvalue weighted by Crippen LogP contribution is 2.17. The van der Waals surface area contributed by atoms with Crippen molar-refractivity contribution in [3.63, 3.8) is 0 Å². The molecule has 0 aliphatic heterocycles. The van der Waals surface area contributed by atoms with Gasteiger partial charge in [-0.2, -0.15) is 0 Å². The van der Waals surface area contributed by atoms with Crippen LogP contribution in [0.25, 0.3) is 10.9 Å². The number of carboxylic acids is 2. The smallest absolute Gasteiger partial charge is 0.414 e. The zero-order chi connectivity index (χ0) is 18.9. The Morgan fingerprint density at radius 2 is 1.65 bits per heavy atom. The molecule has 4 N–H and O–H groups in total. The summed E-state index contributed by atoms with van der Waals surface area (Å²) in [5.41, 5.74) is 5.26. The number of para-hydroxylation sites is 1. The van der Waals surface area contributed by atoms with Gasteiger partial charge in [-0.3, -0.25) is 0 Å². The number of aromatic amines is 1. The molecule has 0 saturated carbocycles. The summed E-state index contributed by atoms with van der Waals surface area (Å²) in [7, 11) is 0. The highest BCUT2D eigenvalue weighted by molar-refractivity contribution is 6.27. The number of aryl methyl sites for hydroxylation is 1. The van der Waals surface area contributed by atoms with E-state index in [1.54, 1.807) is 0 Å². The molecule has 0 bridgehead atoms. The van der Waals surface area contributed by atoms with Gasteiger partial charge in [0, 0.05) is 23.6 Å². The average molecular weight is 354 g/mol. The fourth-order valence-electron chi connectivity index (χ4n) is 2.50. The molecule has 6 heteroatoms. The Labute approximate surface area is 151 Å². The topological polar surface area (TPSA) is 102 Å². The molecule has 0 radical (unpaired) electrons. The number of nitrogens with one attached hydrogen (secondary N) is 2. The second-order valence-electron chi connectivity index (χ2n) is 5.88. The molecule has 3 rings (SSSR count). The minimum Gasteiger partial charge on any atom is -0.473 e. The number of H-pyrrole nitrogens is 1. The van der Waals surface area contributed by atoms with Gasteiger partial charge in [0.1, 0.15) is 0 Å². The van der Waals surface area contributed by atoms with Crippen molar-refractivity contribution in [3.05, 3.63) is 71.4 Å². The maximum atomic E-state index is 9.10. The van der Waals surface area contributed by atoms with E-state index in [9.17, 15) is 0 Å². The highest BCUT2D eigenvalue weighted by Gasteiger charge is 2.04. The van der Waals surface area contributed by atoms with Crippen molar-refractivity contribution in [2.24, 2.45) is 0 Å². The number of fused-ring (bicyclic) bond motifs is 1. The number of carbonyl (C=O) groups is 2. The van der Waals surface area contributed by atoms with Crippen molar-refractivity contribution in [3.8, 4) is 0 Å². The number of hydrogen-bond donors (Lipinski definition) is 4. The molecular weight excluding hydrogens is 332 g/mol. The maximum absolute atomic E-state index is 9.10. The van der Waals surface area contributed by atoms with E-state index in [0.717, 1.165) is 19.5 Å². The summed E-state index contributed by atoms with van der Waals surface area (Å²) in [6.45, 7) is 4.05. The molecule has 26 heavy (non-hydrogen) atoms. The van der Waals surface area contributed by atoms with Gasteiger partial charge in [-0.05, 0) is 37.1 Å². The summed E-state index contributed by atoms with van der Waals surface area (Å²) in [5, 5.41) is 19.6. The van der Waals surface area contributed by atoms with Crippen molar-refractivity contribution < 1.29 is 19.8 Å². The lowest BCUT2D eigenvalue weighted by molar-refractivity contribution is -0.159. The van der Waals surface area contributed by atoms with Crippen LogP contribution in [0.3, 0.4) is 0 Å². The number of benzene rings is 2. The molecule has 0 aliphatic carbocycles. The Morgan fingerprint density at radius 3 is 2.31 bits per heavy atom. The first-order valence-corrected chi connectivity index (χ1v) is 8.25. The van der Waals surface area contributed by atoms with Gasteiger partial charge in [0.25, 0.3) is 0 Å². The first-order valence-electron chi connectivity index (χ1n) is 8.25. The Morgan fingerprint density at radius 1 is 1.00 bits per heavy atom. The third-order valence-electron chi connectivity index (χ3n) is 3.88. The summed E-state index contributed by atoms with van der Waals surface area (Å²) in [4.78, 5) is 21.5. The molecule has 0 saturated heterocycles. The summed E-state index contributed by atoms with van der Waals surface area (Å²) in [6, 6.07) is 17.2. The van der Waals surface area contributed by atoms with Crippen molar-refractivity contribution in [1.29, 1.82) is 0 Å². The number of hydrogen-bond acceptors (Lipinski definition) is 3. The van der Waals surface area contributed by atoms with Crippen LogP contribution in [0.5, 0.6) is 0 Å². The Bertz CT molecular complexity index is 857. The van der Waals surface area contributed by atoms with Gasteiger partial charge in [-0.15, -0.1) is 0 Å². The second kappa shape index (κ2) is 9.39. The maximum Gasteiger partial charge on any atom is 0.414 e. The van der Waals surface area contributed by atoms with Crippen LogP contribution in [0, 0.1) is 6.92 Å². The first kappa shape index (κ1) is 19.2. The molecule has 0 spiro atoms. The van der Waals surface area contributed by atoms with Crippen LogP contribution < -0.4 is 5.32 Å². The normalized spacial score (nSPS) is 10.2. The summed E-state index contributed by atoms with van der Waals surface area (Å²) < 4.78 is 0. The molecule has 136 valence electrons. The van der Waals surface area contributed by atoms with E-state index >= 15 is 0 Å². The van der Waals surface area contributed by atoms with Crippen molar-refractivity contribution >= 4 is 22.8 Å². The molecule has 1 aromatic heterocycles. The van der Waals surface area contributed by atoms with Crippen molar-refractivity contribution in [1.82, 2.24) is 10.3 Å². The Hall–Kier alpha value is -3.12. The zero-order valence-corrected chi connectivity index (χ0v) is 14.5. The van der Waals surface area contributed by atoms with E-state index in [1.807, 2.05) is 0 Å². The van der Waals surface area contributed by atoms with E-state index < -0.39 is 11.9 Å². The molecule has 0 amide bonds. The van der Waals surface area contributed by atoms with Crippen LogP contribution in [0.15, 0.2) is 54.7 Å². The van der Waals surface area contributed by atoms with E-state index in [-0.39, 0.29) is 0 Å². The van der Waals surface area contributed by atoms with E-state index in [1.165, 1.54) is 27.6 Å². The predicted octanol–water partition coefficient (Wildman–Crippen LogP) is 2.96. The zero-order valence-electron chi connectivity index (χ0n) is 14.5. The van der Waals surface area contributed by atoms with E-state index in [0.29, 0.717) is 0 Å². The van der Waals surface area contributed by atoms with Gasteiger partial charge in [0.2, 0.25) is 0 Å². The summed E-state index contributed by atoms with van der Waals surface area (Å²) in [6.07, 6.45) is 3.17. The third-order valence-corrected chi connectivity index (χ3v) is 3.88. The van der Waals surface area contributed by atoms with Gasteiger partial charge in [0.15, 0.2) is 0 Å². The van der Waals surface area contributed by atoms with Gasteiger partial charge in [0.05, 0.1) is 0 Å².